The number of benzene rings is 1. The van der Waals surface area contributed by atoms with Gasteiger partial charge < -0.3 is 20.1 Å². The predicted octanol–water partition coefficient (Wildman–Crippen LogP) is 2.64. The van der Waals surface area contributed by atoms with E-state index in [-0.39, 0.29) is 23.6 Å². The van der Waals surface area contributed by atoms with Gasteiger partial charge in [-0.3, -0.25) is 14.6 Å². The summed E-state index contributed by atoms with van der Waals surface area (Å²) >= 11 is 0. The number of carbonyl (C=O) groups is 2. The number of amides is 2. The first-order chi connectivity index (χ1) is 13.2. The molecule has 2 amide bonds. The molecule has 7 heteroatoms. The van der Waals surface area contributed by atoms with Crippen molar-refractivity contribution in [2.45, 2.75) is 25.9 Å². The number of rotatable bonds is 7. The maximum absolute atomic E-state index is 12.6. The molecule has 0 aliphatic carbocycles. The van der Waals surface area contributed by atoms with E-state index in [1.807, 2.05) is 19.1 Å². The average Bonchev–Trinajstić information content (AvgIpc) is 3.21. The summed E-state index contributed by atoms with van der Waals surface area (Å²) in [6.45, 7) is 3.55. The Labute approximate surface area is 158 Å². The summed E-state index contributed by atoms with van der Waals surface area (Å²) in [5.74, 6) is -0.0652. The number of hydrogen-bond acceptors (Lipinski definition) is 5. The molecule has 0 radical (unpaired) electrons. The lowest BCUT2D eigenvalue weighted by Crippen LogP contribution is -2.32. The fourth-order valence-electron chi connectivity index (χ4n) is 2.84. The topological polar surface area (TPSA) is 89.5 Å². The van der Waals surface area contributed by atoms with E-state index >= 15 is 0 Å². The molecule has 2 N–H and O–H groups in total. The van der Waals surface area contributed by atoms with Gasteiger partial charge in [-0.25, -0.2) is 0 Å². The van der Waals surface area contributed by atoms with Gasteiger partial charge in [0, 0.05) is 24.9 Å². The van der Waals surface area contributed by atoms with Crippen LogP contribution in [0.4, 0.5) is 5.69 Å². The van der Waals surface area contributed by atoms with Crippen molar-refractivity contribution in [3.8, 4) is 5.75 Å². The van der Waals surface area contributed by atoms with Gasteiger partial charge in [0.1, 0.15) is 11.4 Å². The highest BCUT2D eigenvalue weighted by Crippen LogP contribution is 2.24. The molecule has 1 aromatic carbocycles. The van der Waals surface area contributed by atoms with E-state index in [0.717, 1.165) is 19.4 Å². The number of aromatic nitrogens is 1. The van der Waals surface area contributed by atoms with Gasteiger partial charge in [-0.15, -0.1) is 0 Å². The van der Waals surface area contributed by atoms with Gasteiger partial charge in [-0.05, 0) is 44.0 Å². The van der Waals surface area contributed by atoms with Crippen LogP contribution in [0.3, 0.4) is 0 Å². The number of hydrogen-bond donors (Lipinski definition) is 2. The standard InChI is InChI=1S/C20H23N3O4/c1-2-26-18-8-4-3-7-16(18)23-19(24)14-9-10-21-17(12-14)20(25)22-13-15-6-5-11-27-15/h3-4,7-10,12,15H,2,5-6,11,13H2,1H3,(H,22,25)(H,23,24). The van der Waals surface area contributed by atoms with Crippen molar-refractivity contribution in [2.75, 3.05) is 25.1 Å². The van der Waals surface area contributed by atoms with Crippen molar-refractivity contribution in [3.05, 3.63) is 53.9 Å². The summed E-state index contributed by atoms with van der Waals surface area (Å²) in [5.41, 5.74) is 1.11. The highest BCUT2D eigenvalue weighted by atomic mass is 16.5. The number of nitrogens with zero attached hydrogens (tertiary/aromatic N) is 1. The molecule has 2 heterocycles. The monoisotopic (exact) mass is 369 g/mol. The van der Waals surface area contributed by atoms with Gasteiger partial charge in [0.15, 0.2) is 0 Å². The molecule has 1 atom stereocenters. The van der Waals surface area contributed by atoms with Crippen molar-refractivity contribution < 1.29 is 19.1 Å². The van der Waals surface area contributed by atoms with Gasteiger partial charge in [0.2, 0.25) is 0 Å². The molecule has 142 valence electrons. The quantitative estimate of drug-likeness (QED) is 0.783. The van der Waals surface area contributed by atoms with Crippen molar-refractivity contribution >= 4 is 17.5 Å². The Morgan fingerprint density at radius 3 is 2.89 bits per heavy atom. The summed E-state index contributed by atoms with van der Waals surface area (Å²) in [7, 11) is 0. The van der Waals surface area contributed by atoms with Gasteiger partial charge >= 0.3 is 0 Å². The minimum atomic E-state index is -0.335. The second kappa shape index (κ2) is 9.14. The van der Waals surface area contributed by atoms with Gasteiger partial charge in [0.25, 0.3) is 11.8 Å². The molecular weight excluding hydrogens is 346 g/mol. The highest BCUT2D eigenvalue weighted by Gasteiger charge is 2.18. The highest BCUT2D eigenvalue weighted by molar-refractivity contribution is 6.06. The molecule has 1 aliphatic rings. The lowest BCUT2D eigenvalue weighted by atomic mass is 10.2. The lowest BCUT2D eigenvalue weighted by Gasteiger charge is -2.12. The van der Waals surface area contributed by atoms with Crippen LogP contribution in [-0.4, -0.2) is 42.7 Å². The molecule has 0 saturated carbocycles. The van der Waals surface area contributed by atoms with Gasteiger partial charge in [-0.2, -0.15) is 0 Å². The smallest absolute Gasteiger partial charge is 0.269 e. The fraction of sp³-hybridized carbons (Fsp3) is 0.350. The van der Waals surface area contributed by atoms with Crippen molar-refractivity contribution in [2.24, 2.45) is 0 Å². The Hall–Kier alpha value is -2.93. The average molecular weight is 369 g/mol. The molecule has 27 heavy (non-hydrogen) atoms. The largest absolute Gasteiger partial charge is 0.492 e. The van der Waals surface area contributed by atoms with E-state index in [1.165, 1.54) is 12.3 Å². The van der Waals surface area contributed by atoms with Crippen LogP contribution in [0.2, 0.25) is 0 Å². The third-order valence-electron chi connectivity index (χ3n) is 4.20. The first-order valence-corrected chi connectivity index (χ1v) is 9.06. The Kier molecular flexibility index (Phi) is 6.38. The summed E-state index contributed by atoms with van der Waals surface area (Å²) < 4.78 is 11.0. The zero-order valence-corrected chi connectivity index (χ0v) is 15.2. The Balaban J connectivity index is 1.65. The molecule has 1 aromatic heterocycles. The number of para-hydroxylation sites is 2. The first-order valence-electron chi connectivity index (χ1n) is 9.06. The molecule has 0 spiro atoms. The lowest BCUT2D eigenvalue weighted by molar-refractivity contribution is 0.0853. The van der Waals surface area contributed by atoms with Crippen LogP contribution in [0.15, 0.2) is 42.6 Å². The number of anilines is 1. The van der Waals surface area contributed by atoms with E-state index < -0.39 is 0 Å². The predicted molar refractivity (Wildman–Crippen MR) is 101 cm³/mol. The Morgan fingerprint density at radius 1 is 1.26 bits per heavy atom. The molecule has 3 rings (SSSR count). The fourth-order valence-corrected chi connectivity index (χ4v) is 2.84. The molecule has 1 fully saturated rings. The molecule has 1 aliphatic heterocycles. The van der Waals surface area contributed by atoms with Gasteiger partial charge in [-0.1, -0.05) is 12.1 Å². The van der Waals surface area contributed by atoms with E-state index in [4.69, 9.17) is 9.47 Å². The number of nitrogens with one attached hydrogen (secondary N) is 2. The van der Waals surface area contributed by atoms with Crippen LogP contribution in [-0.2, 0) is 4.74 Å². The van der Waals surface area contributed by atoms with Crippen molar-refractivity contribution in [3.63, 3.8) is 0 Å². The molecule has 1 unspecified atom stereocenters. The van der Waals surface area contributed by atoms with E-state index in [1.54, 1.807) is 18.2 Å². The third-order valence-corrected chi connectivity index (χ3v) is 4.20. The minimum absolute atomic E-state index is 0.0514. The Morgan fingerprint density at radius 2 is 2.11 bits per heavy atom. The van der Waals surface area contributed by atoms with Gasteiger partial charge in [0.05, 0.1) is 18.4 Å². The number of carbonyl (C=O) groups excluding carboxylic acids is 2. The summed E-state index contributed by atoms with van der Waals surface area (Å²) in [5, 5.41) is 5.62. The van der Waals surface area contributed by atoms with Crippen LogP contribution in [0.1, 0.15) is 40.6 Å². The third kappa shape index (κ3) is 5.04. The second-order valence-corrected chi connectivity index (χ2v) is 6.16. The Bertz CT molecular complexity index is 803. The van der Waals surface area contributed by atoms with E-state index in [0.29, 0.717) is 30.2 Å². The zero-order valence-electron chi connectivity index (χ0n) is 15.2. The molecule has 7 nitrogen and oxygen atoms in total. The molecular formula is C20H23N3O4. The van der Waals surface area contributed by atoms with Crippen LogP contribution in [0.5, 0.6) is 5.75 Å². The number of pyridine rings is 1. The van der Waals surface area contributed by atoms with E-state index in [9.17, 15) is 9.59 Å². The SMILES string of the molecule is CCOc1ccccc1NC(=O)c1ccnc(C(=O)NCC2CCCO2)c1. The first kappa shape index (κ1) is 18.8. The maximum Gasteiger partial charge on any atom is 0.269 e. The summed E-state index contributed by atoms with van der Waals surface area (Å²) in [4.78, 5) is 28.9. The van der Waals surface area contributed by atoms with Crippen LogP contribution >= 0.6 is 0 Å². The van der Waals surface area contributed by atoms with Crippen LogP contribution in [0.25, 0.3) is 0 Å². The molecule has 2 aromatic rings. The zero-order chi connectivity index (χ0) is 19.1. The van der Waals surface area contributed by atoms with Crippen molar-refractivity contribution in [1.29, 1.82) is 0 Å². The van der Waals surface area contributed by atoms with E-state index in [2.05, 4.69) is 15.6 Å². The normalized spacial score (nSPS) is 16.0. The van der Waals surface area contributed by atoms with Crippen molar-refractivity contribution in [1.82, 2.24) is 10.3 Å². The summed E-state index contributed by atoms with van der Waals surface area (Å²) in [6, 6.07) is 10.2. The minimum Gasteiger partial charge on any atom is -0.492 e. The second-order valence-electron chi connectivity index (χ2n) is 6.16. The van der Waals surface area contributed by atoms with Crippen LogP contribution in [0, 0.1) is 0 Å². The molecule has 1 saturated heterocycles. The maximum atomic E-state index is 12.6. The number of ether oxygens (including phenoxy) is 2. The molecule has 0 bridgehead atoms. The van der Waals surface area contributed by atoms with Crippen LogP contribution < -0.4 is 15.4 Å². The summed E-state index contributed by atoms with van der Waals surface area (Å²) in [6.07, 6.45) is 3.45.